The lowest BCUT2D eigenvalue weighted by Gasteiger charge is -2.60. The minimum absolute atomic E-state index is 0.0863. The van der Waals surface area contributed by atoms with E-state index < -0.39 is 5.79 Å². The third kappa shape index (κ3) is 2.68. The summed E-state index contributed by atoms with van der Waals surface area (Å²) in [4.78, 5) is 0. The van der Waals surface area contributed by atoms with Crippen LogP contribution in [0.3, 0.4) is 0 Å². The van der Waals surface area contributed by atoms with Gasteiger partial charge in [-0.05, 0) is 74.0 Å². The second-order valence-electron chi connectivity index (χ2n) is 12.7. The highest BCUT2D eigenvalue weighted by molar-refractivity contribution is 5.27. The molecule has 0 aromatic carbocycles. The molecule has 2 aliphatic heterocycles. The summed E-state index contributed by atoms with van der Waals surface area (Å²) in [7, 11) is 0. The van der Waals surface area contributed by atoms with Gasteiger partial charge in [0, 0.05) is 23.7 Å². The monoisotopic (exact) mass is 430 g/mol. The Kier molecular flexibility index (Phi) is 4.64. The van der Waals surface area contributed by atoms with Crippen molar-refractivity contribution in [2.75, 3.05) is 6.61 Å². The highest BCUT2D eigenvalue weighted by Crippen LogP contribution is 2.70. The molecule has 2 saturated heterocycles. The number of aliphatic hydroxyl groups is 2. The first kappa shape index (κ1) is 21.1. The van der Waals surface area contributed by atoms with E-state index in [4.69, 9.17) is 9.47 Å². The van der Waals surface area contributed by atoms with Gasteiger partial charge in [0.15, 0.2) is 5.79 Å². The molecule has 3 saturated carbocycles. The van der Waals surface area contributed by atoms with Crippen molar-refractivity contribution in [3.8, 4) is 0 Å². The van der Waals surface area contributed by atoms with Gasteiger partial charge in [-0.2, -0.15) is 0 Å². The van der Waals surface area contributed by atoms with Crippen LogP contribution in [0.5, 0.6) is 0 Å². The van der Waals surface area contributed by atoms with Gasteiger partial charge in [0.05, 0.1) is 24.9 Å². The molecule has 4 nitrogen and oxygen atoms in total. The van der Waals surface area contributed by atoms with Crippen LogP contribution in [0.2, 0.25) is 0 Å². The maximum absolute atomic E-state index is 11.8. The third-order valence-corrected chi connectivity index (χ3v) is 11.5. The van der Waals surface area contributed by atoms with E-state index in [2.05, 4.69) is 33.8 Å². The lowest BCUT2D eigenvalue weighted by molar-refractivity contribution is -0.273. The molecular weight excluding hydrogens is 388 g/mol. The van der Waals surface area contributed by atoms with Crippen molar-refractivity contribution in [3.63, 3.8) is 0 Å². The Morgan fingerprint density at radius 1 is 1.03 bits per heavy atom. The molecule has 6 unspecified atom stereocenters. The van der Waals surface area contributed by atoms with Crippen molar-refractivity contribution in [3.05, 3.63) is 11.6 Å². The van der Waals surface area contributed by atoms with Crippen LogP contribution in [0.25, 0.3) is 0 Å². The van der Waals surface area contributed by atoms with Gasteiger partial charge in [0.25, 0.3) is 0 Å². The van der Waals surface area contributed by atoms with E-state index in [0.29, 0.717) is 35.5 Å². The molecule has 0 aromatic heterocycles. The van der Waals surface area contributed by atoms with Crippen molar-refractivity contribution < 1.29 is 19.7 Å². The van der Waals surface area contributed by atoms with Crippen LogP contribution < -0.4 is 0 Å². The molecule has 0 aromatic rings. The summed E-state index contributed by atoms with van der Waals surface area (Å²) >= 11 is 0. The van der Waals surface area contributed by atoms with Crippen molar-refractivity contribution in [1.29, 1.82) is 0 Å². The van der Waals surface area contributed by atoms with E-state index in [-0.39, 0.29) is 29.1 Å². The number of rotatable bonds is 0. The topological polar surface area (TPSA) is 58.9 Å². The van der Waals surface area contributed by atoms with Gasteiger partial charge in [-0.15, -0.1) is 0 Å². The largest absolute Gasteiger partial charge is 0.393 e. The van der Waals surface area contributed by atoms with Crippen LogP contribution >= 0.6 is 0 Å². The predicted molar refractivity (Wildman–Crippen MR) is 119 cm³/mol. The van der Waals surface area contributed by atoms with Crippen LogP contribution in [0.4, 0.5) is 0 Å². The molecule has 0 bridgehead atoms. The Balaban J connectivity index is 1.32. The molecule has 6 rings (SSSR count). The van der Waals surface area contributed by atoms with Crippen molar-refractivity contribution in [1.82, 2.24) is 0 Å². The van der Waals surface area contributed by atoms with Gasteiger partial charge in [0.2, 0.25) is 0 Å². The number of hydrogen-bond acceptors (Lipinski definition) is 4. The van der Waals surface area contributed by atoms with E-state index in [1.807, 2.05) is 0 Å². The molecule has 174 valence electrons. The number of hydrogen-bond donors (Lipinski definition) is 2. The fraction of sp³-hybridized carbons (Fsp3) is 0.926. The van der Waals surface area contributed by atoms with Crippen LogP contribution in [0.15, 0.2) is 11.6 Å². The summed E-state index contributed by atoms with van der Waals surface area (Å²) in [6.45, 7) is 10.2. The van der Waals surface area contributed by atoms with Crippen molar-refractivity contribution in [2.45, 2.75) is 103 Å². The highest BCUT2D eigenvalue weighted by atomic mass is 16.7. The second-order valence-corrected chi connectivity index (χ2v) is 12.7. The zero-order valence-electron chi connectivity index (χ0n) is 19.8. The van der Waals surface area contributed by atoms with E-state index in [1.165, 1.54) is 12.0 Å². The molecule has 1 spiro atoms. The highest BCUT2D eigenvalue weighted by Gasteiger charge is 2.71. The Morgan fingerprint density at radius 2 is 1.84 bits per heavy atom. The van der Waals surface area contributed by atoms with Gasteiger partial charge in [0.1, 0.15) is 0 Å². The molecule has 12 atom stereocenters. The van der Waals surface area contributed by atoms with Gasteiger partial charge in [-0.1, -0.05) is 39.3 Å². The number of fused-ring (bicyclic) bond motifs is 7. The molecular formula is C27H42O4. The van der Waals surface area contributed by atoms with Crippen LogP contribution in [0.1, 0.15) is 79.1 Å². The molecule has 5 fully saturated rings. The first-order valence-electron chi connectivity index (χ1n) is 13.1. The van der Waals surface area contributed by atoms with Crippen LogP contribution in [-0.4, -0.2) is 40.9 Å². The Hall–Kier alpha value is -0.420. The smallest absolute Gasteiger partial charge is 0.171 e. The Bertz CT molecular complexity index is 769. The Morgan fingerprint density at radius 3 is 2.58 bits per heavy atom. The lowest BCUT2D eigenvalue weighted by atomic mass is 9.46. The standard InChI is InChI=1S/C27H42O4/c1-15-7-10-27(30-14-15)16(2)24-22(31-27)12-21-19-6-5-17-11-18(28)8-9-25(17,3)20(19)13-23(29)26(21,24)4/h5,15-16,18-24,28-29H,6-14H2,1-4H3/t15?,16?,18?,19-,20-,21-,22?,23-,24?,25+,26-,27?/m1/s1. The van der Waals surface area contributed by atoms with E-state index in [1.54, 1.807) is 0 Å². The van der Waals surface area contributed by atoms with Gasteiger partial charge in [-0.25, -0.2) is 0 Å². The maximum Gasteiger partial charge on any atom is 0.171 e. The average molecular weight is 431 g/mol. The first-order chi connectivity index (χ1) is 14.7. The first-order valence-corrected chi connectivity index (χ1v) is 13.1. The average Bonchev–Trinajstić information content (AvgIpc) is 3.18. The molecule has 31 heavy (non-hydrogen) atoms. The normalized spacial score (nSPS) is 60.7. The SMILES string of the molecule is CC1CCC2(OC1)OC1C[C@@H]3[C@@H]4CC=C5CC(O)CC[C@]5(C)[C@@H]4C[C@@H](O)[C@]3(C)C1C2C. The number of allylic oxidation sites excluding steroid dienone is 1. The summed E-state index contributed by atoms with van der Waals surface area (Å²) in [5, 5.41) is 22.0. The molecule has 0 radical (unpaired) electrons. The van der Waals surface area contributed by atoms with Crippen molar-refractivity contribution in [2.24, 2.45) is 46.3 Å². The van der Waals surface area contributed by atoms with Crippen LogP contribution in [0, 0.1) is 46.3 Å². The molecule has 4 heteroatoms. The van der Waals surface area contributed by atoms with E-state index in [9.17, 15) is 10.2 Å². The van der Waals surface area contributed by atoms with Gasteiger partial charge >= 0.3 is 0 Å². The summed E-state index contributed by atoms with van der Waals surface area (Å²) in [5.41, 5.74) is 1.53. The predicted octanol–water partition coefficient (Wildman–Crippen LogP) is 4.68. The minimum Gasteiger partial charge on any atom is -0.393 e. The van der Waals surface area contributed by atoms with Gasteiger partial charge < -0.3 is 19.7 Å². The van der Waals surface area contributed by atoms with Gasteiger partial charge in [-0.3, -0.25) is 0 Å². The van der Waals surface area contributed by atoms with E-state index >= 15 is 0 Å². The molecule has 0 amide bonds. The van der Waals surface area contributed by atoms with E-state index in [0.717, 1.165) is 51.6 Å². The zero-order valence-corrected chi connectivity index (χ0v) is 19.8. The second kappa shape index (κ2) is 6.81. The Labute approximate surface area is 187 Å². The molecule has 2 heterocycles. The quantitative estimate of drug-likeness (QED) is 0.548. The summed E-state index contributed by atoms with van der Waals surface area (Å²) < 4.78 is 13.2. The minimum atomic E-state index is -0.419. The van der Waals surface area contributed by atoms with Crippen molar-refractivity contribution >= 4 is 0 Å². The molecule has 2 N–H and O–H groups in total. The number of ether oxygens (including phenoxy) is 2. The molecule has 4 aliphatic carbocycles. The summed E-state index contributed by atoms with van der Waals surface area (Å²) in [6.07, 6.45) is 10.3. The fourth-order valence-electron chi connectivity index (χ4n) is 9.61. The number of aliphatic hydroxyl groups excluding tert-OH is 2. The maximum atomic E-state index is 11.8. The molecule has 6 aliphatic rings. The third-order valence-electron chi connectivity index (χ3n) is 11.5. The van der Waals surface area contributed by atoms with Crippen LogP contribution in [-0.2, 0) is 9.47 Å². The fourth-order valence-corrected chi connectivity index (χ4v) is 9.61. The lowest BCUT2D eigenvalue weighted by Crippen LogP contribution is -2.57. The summed E-state index contributed by atoms with van der Waals surface area (Å²) in [6, 6.07) is 0. The zero-order chi connectivity index (χ0) is 21.8. The summed E-state index contributed by atoms with van der Waals surface area (Å²) in [5.74, 6) is 2.58.